The van der Waals surface area contributed by atoms with Crippen molar-refractivity contribution in [2.24, 2.45) is 0 Å². The molecular weight excluding hydrogens is 457 g/mol. The normalized spacial score (nSPS) is 20.6. The van der Waals surface area contributed by atoms with Gasteiger partial charge in [0.05, 0.1) is 10.4 Å². The summed E-state index contributed by atoms with van der Waals surface area (Å²) in [6.07, 6.45) is -1.73. The molecule has 1 amide bonds. The molecule has 0 radical (unpaired) electrons. The molecule has 1 aromatic heterocycles. The molecule has 2 aliphatic heterocycles. The van der Waals surface area contributed by atoms with Gasteiger partial charge in [0.2, 0.25) is 10.0 Å². The first kappa shape index (κ1) is 22.4. The van der Waals surface area contributed by atoms with Crippen LogP contribution in [0.3, 0.4) is 0 Å². The molecule has 3 heterocycles. The number of carbonyl (C=O) groups is 1. The van der Waals surface area contributed by atoms with Crippen LogP contribution in [0.5, 0.6) is 0 Å². The fourth-order valence-electron chi connectivity index (χ4n) is 4.84. The van der Waals surface area contributed by atoms with Gasteiger partial charge in [0.15, 0.2) is 0 Å². The van der Waals surface area contributed by atoms with Gasteiger partial charge in [-0.2, -0.15) is 13.2 Å². The number of alkyl halides is 3. The third-order valence-electron chi connectivity index (χ3n) is 6.78. The molecule has 0 unspecified atom stereocenters. The summed E-state index contributed by atoms with van der Waals surface area (Å²) in [4.78, 5) is 14.8. The Morgan fingerprint density at radius 2 is 1.73 bits per heavy atom. The number of hydrogen-bond acceptors (Lipinski definition) is 4. The van der Waals surface area contributed by atoms with Crippen molar-refractivity contribution in [1.29, 1.82) is 0 Å². The number of carbonyl (C=O) groups excluding carboxylic acids is 1. The van der Waals surface area contributed by atoms with Gasteiger partial charge in [-0.15, -0.1) is 0 Å². The lowest BCUT2D eigenvalue weighted by Gasteiger charge is -2.45. The molecule has 0 bridgehead atoms. The van der Waals surface area contributed by atoms with Crippen molar-refractivity contribution in [2.75, 3.05) is 19.6 Å². The Labute approximate surface area is 193 Å². The summed E-state index contributed by atoms with van der Waals surface area (Å²) in [6.45, 7) is 1.47. The zero-order valence-electron chi connectivity index (χ0n) is 17.9. The Morgan fingerprint density at radius 1 is 1.06 bits per heavy atom. The van der Waals surface area contributed by atoms with Crippen molar-refractivity contribution in [3.63, 3.8) is 0 Å². The van der Waals surface area contributed by atoms with Crippen LogP contribution in [0, 0.1) is 0 Å². The Hall–Kier alpha value is -2.37. The molecule has 1 aliphatic carbocycles. The predicted molar refractivity (Wildman–Crippen MR) is 118 cm³/mol. The number of nitrogens with one attached hydrogen (secondary N) is 2. The number of likely N-dealkylation sites (tertiary alicyclic amines) is 1. The second-order valence-corrected chi connectivity index (χ2v) is 10.7. The minimum Gasteiger partial charge on any atom is -0.338 e. The highest BCUT2D eigenvalue weighted by molar-refractivity contribution is 7.89. The third-order valence-corrected chi connectivity index (χ3v) is 8.31. The van der Waals surface area contributed by atoms with Crippen molar-refractivity contribution in [3.05, 3.63) is 53.3 Å². The monoisotopic (exact) mass is 486 g/mol. The topological polar surface area (TPSA) is 83.4 Å². The molecule has 2 aromatic rings. The number of rotatable bonds is 4. The average Bonchev–Trinajstić information content (AvgIpc) is 3.45. The molecule has 182 valence electrons. The second kappa shape index (κ2) is 7.85. The molecule has 5 rings (SSSR count). The highest BCUT2D eigenvalue weighted by Crippen LogP contribution is 2.40. The number of benzene rings is 1. The first-order valence-electron chi connectivity index (χ1n) is 11.0. The second-order valence-electron chi connectivity index (χ2n) is 8.97. The maximum absolute atomic E-state index is 13.4. The minimum atomic E-state index is -4.40. The van der Waals surface area contributed by atoms with E-state index in [4.69, 9.17) is 0 Å². The zero-order chi connectivity index (χ0) is 23.4. The van der Waals surface area contributed by atoms with Crippen molar-refractivity contribution in [1.82, 2.24) is 19.5 Å². The van der Waals surface area contributed by atoms with E-state index in [-0.39, 0.29) is 26.2 Å². The highest BCUT2D eigenvalue weighted by atomic mass is 32.2. The molecule has 1 saturated carbocycles. The predicted octanol–water partition coefficient (Wildman–Crippen LogP) is 3.17. The molecule has 0 atom stereocenters. The standard InChI is InChI=1S/C22H25F3N4O3S.2H2/c23-22(24,25)19-8-7-18-21(26-11-14-29(18)19)9-12-28(13-10-21)20(30)15-1-5-17(6-2-15)33(31,32)27-16-3-4-16;;/h1-2,5-8,16,26-27H,3-4,9-14H2;2*1H. The molecule has 2 fully saturated rings. The van der Waals surface area contributed by atoms with Gasteiger partial charge in [-0.1, -0.05) is 0 Å². The number of fused-ring (bicyclic) bond motifs is 2. The summed E-state index contributed by atoms with van der Waals surface area (Å²) >= 11 is 0. The fraction of sp³-hybridized carbons (Fsp3) is 0.500. The summed E-state index contributed by atoms with van der Waals surface area (Å²) < 4.78 is 68.6. The van der Waals surface area contributed by atoms with E-state index in [9.17, 15) is 26.4 Å². The molecule has 11 heteroatoms. The molecule has 1 aromatic carbocycles. The van der Waals surface area contributed by atoms with E-state index in [1.54, 1.807) is 11.0 Å². The Morgan fingerprint density at radius 3 is 2.33 bits per heavy atom. The molecule has 7 nitrogen and oxygen atoms in total. The van der Waals surface area contributed by atoms with Crippen LogP contribution < -0.4 is 10.0 Å². The maximum atomic E-state index is 13.4. The fourth-order valence-corrected chi connectivity index (χ4v) is 6.15. The third kappa shape index (κ3) is 4.17. The number of aromatic nitrogens is 1. The van der Waals surface area contributed by atoms with Gasteiger partial charge in [-0.25, -0.2) is 13.1 Å². The van der Waals surface area contributed by atoms with Gasteiger partial charge in [-0.3, -0.25) is 4.79 Å². The SMILES string of the molecule is O=C(c1ccc(S(=O)(=O)NC2CC2)cc1)N1CCC2(CC1)NCCn1c(C(F)(F)F)ccc12.[HH].[HH]. The lowest BCUT2D eigenvalue weighted by molar-refractivity contribution is -0.144. The van der Waals surface area contributed by atoms with Gasteiger partial charge >= 0.3 is 6.18 Å². The smallest absolute Gasteiger partial charge is 0.338 e. The van der Waals surface area contributed by atoms with Crippen LogP contribution in [-0.2, 0) is 28.3 Å². The molecule has 1 spiro atoms. The van der Waals surface area contributed by atoms with Crippen LogP contribution in [0.4, 0.5) is 13.2 Å². The van der Waals surface area contributed by atoms with Crippen LogP contribution in [0.15, 0.2) is 41.3 Å². The van der Waals surface area contributed by atoms with Gasteiger partial charge in [-0.05, 0) is 62.1 Å². The van der Waals surface area contributed by atoms with E-state index >= 15 is 0 Å². The van der Waals surface area contributed by atoms with Crippen molar-refractivity contribution in [2.45, 2.75) is 54.9 Å². The summed E-state index contributed by atoms with van der Waals surface area (Å²) in [5.41, 5.74) is -0.227. The van der Waals surface area contributed by atoms with Crippen LogP contribution >= 0.6 is 0 Å². The quantitative estimate of drug-likeness (QED) is 0.696. The first-order chi connectivity index (χ1) is 15.6. The zero-order valence-corrected chi connectivity index (χ0v) is 18.7. The lowest BCUT2D eigenvalue weighted by atomic mass is 9.83. The van der Waals surface area contributed by atoms with Crippen molar-refractivity contribution < 1.29 is 29.2 Å². The first-order valence-corrected chi connectivity index (χ1v) is 12.5. The van der Waals surface area contributed by atoms with E-state index in [0.717, 1.165) is 18.9 Å². The summed E-state index contributed by atoms with van der Waals surface area (Å²) in [7, 11) is -3.59. The average molecular weight is 487 g/mol. The summed E-state index contributed by atoms with van der Waals surface area (Å²) in [6, 6.07) is 8.55. The molecule has 3 aliphatic rings. The number of amides is 1. The molecule has 1 saturated heterocycles. The Kier molecular flexibility index (Phi) is 5.33. The molecular formula is C22H29F3N4O3S. The number of hydrogen-bond donors (Lipinski definition) is 2. The summed E-state index contributed by atoms with van der Waals surface area (Å²) in [5, 5.41) is 3.40. The molecule has 33 heavy (non-hydrogen) atoms. The van der Waals surface area contributed by atoms with E-state index < -0.39 is 27.4 Å². The van der Waals surface area contributed by atoms with Crippen LogP contribution in [0.2, 0.25) is 0 Å². The summed E-state index contributed by atoms with van der Waals surface area (Å²) in [5.74, 6) is -0.217. The van der Waals surface area contributed by atoms with Gasteiger partial charge in [0, 0.05) is 46.3 Å². The highest BCUT2D eigenvalue weighted by Gasteiger charge is 2.44. The van der Waals surface area contributed by atoms with Crippen LogP contribution in [-0.4, -0.2) is 49.5 Å². The minimum absolute atomic E-state index is 0. The molecule has 2 N–H and O–H groups in total. The van der Waals surface area contributed by atoms with E-state index in [1.807, 2.05) is 0 Å². The number of sulfonamides is 1. The van der Waals surface area contributed by atoms with E-state index in [1.165, 1.54) is 28.8 Å². The van der Waals surface area contributed by atoms with Gasteiger partial charge in [0.25, 0.3) is 5.91 Å². The Balaban J connectivity index is 0.00000171. The number of piperidine rings is 1. The van der Waals surface area contributed by atoms with E-state index in [0.29, 0.717) is 43.7 Å². The maximum Gasteiger partial charge on any atom is 0.431 e. The number of nitrogens with zero attached hydrogens (tertiary/aromatic N) is 2. The van der Waals surface area contributed by atoms with Crippen molar-refractivity contribution in [3.8, 4) is 0 Å². The van der Waals surface area contributed by atoms with E-state index in [2.05, 4.69) is 10.0 Å². The van der Waals surface area contributed by atoms with Gasteiger partial charge < -0.3 is 14.8 Å². The van der Waals surface area contributed by atoms with Crippen LogP contribution in [0.25, 0.3) is 0 Å². The van der Waals surface area contributed by atoms with Crippen LogP contribution in [0.1, 0.15) is 50.3 Å². The number of halogens is 3. The Bertz CT molecular complexity index is 1170. The van der Waals surface area contributed by atoms with Crippen molar-refractivity contribution >= 4 is 15.9 Å². The lowest BCUT2D eigenvalue weighted by Crippen LogP contribution is -2.56. The van der Waals surface area contributed by atoms with Gasteiger partial charge in [0.1, 0.15) is 5.69 Å². The largest absolute Gasteiger partial charge is 0.431 e.